The Hall–Kier alpha value is -3.09. The summed E-state index contributed by atoms with van der Waals surface area (Å²) in [6.45, 7) is 3.11. The quantitative estimate of drug-likeness (QED) is 0.826. The number of carboxylic acid groups (broad SMARTS) is 1. The average Bonchev–Trinajstić information content (AvgIpc) is 2.62. The summed E-state index contributed by atoms with van der Waals surface area (Å²) in [6.07, 6.45) is 0. The van der Waals surface area contributed by atoms with Crippen molar-refractivity contribution in [1.29, 1.82) is 0 Å². The van der Waals surface area contributed by atoms with Crippen LogP contribution in [0.1, 0.15) is 28.4 Å². The van der Waals surface area contributed by atoms with E-state index >= 15 is 0 Å². The van der Waals surface area contributed by atoms with Crippen molar-refractivity contribution in [2.24, 2.45) is 0 Å². The van der Waals surface area contributed by atoms with Crippen LogP contribution in [-0.2, 0) is 10.3 Å². The maximum atomic E-state index is 13.1. The zero-order chi connectivity index (χ0) is 19.5. The van der Waals surface area contributed by atoms with E-state index in [1.54, 1.807) is 6.92 Å². The van der Waals surface area contributed by atoms with Crippen LogP contribution in [0.15, 0.2) is 36.4 Å². The van der Waals surface area contributed by atoms with Gasteiger partial charge in [-0.2, -0.15) is 0 Å². The van der Waals surface area contributed by atoms with E-state index in [2.05, 4.69) is 5.32 Å². The van der Waals surface area contributed by atoms with E-state index in [0.717, 1.165) is 12.1 Å². The number of ether oxygens (including phenoxy) is 2. The first-order valence-electron chi connectivity index (χ1n) is 7.77. The van der Waals surface area contributed by atoms with Crippen molar-refractivity contribution in [3.8, 4) is 11.5 Å². The number of methoxy groups -OCH3 is 2. The summed E-state index contributed by atoms with van der Waals surface area (Å²) in [5, 5.41) is 12.1. The number of rotatable bonds is 6. The molecule has 0 spiro atoms. The lowest BCUT2D eigenvalue weighted by atomic mass is 9.91. The van der Waals surface area contributed by atoms with Gasteiger partial charge in [0, 0.05) is 11.1 Å². The van der Waals surface area contributed by atoms with Gasteiger partial charge in [-0.25, -0.2) is 9.18 Å². The molecule has 0 aliphatic carbocycles. The first kappa shape index (κ1) is 19.2. The highest BCUT2D eigenvalue weighted by Gasteiger charge is 2.37. The van der Waals surface area contributed by atoms with Crippen molar-refractivity contribution in [1.82, 2.24) is 5.32 Å². The summed E-state index contributed by atoms with van der Waals surface area (Å²) in [5.41, 5.74) is -0.605. The smallest absolute Gasteiger partial charge is 0.333 e. The topological polar surface area (TPSA) is 84.9 Å². The van der Waals surface area contributed by atoms with Crippen molar-refractivity contribution in [2.75, 3.05) is 14.2 Å². The third kappa shape index (κ3) is 3.61. The van der Waals surface area contributed by atoms with Gasteiger partial charge >= 0.3 is 5.97 Å². The van der Waals surface area contributed by atoms with Crippen LogP contribution in [0.25, 0.3) is 0 Å². The molecule has 0 radical (unpaired) electrons. The molecule has 2 aromatic carbocycles. The predicted octanol–water partition coefficient (Wildman–Crippen LogP) is 2.88. The van der Waals surface area contributed by atoms with Gasteiger partial charge in [-0.3, -0.25) is 4.79 Å². The lowest BCUT2D eigenvalue weighted by Gasteiger charge is -2.27. The fraction of sp³-hybridized carbons (Fsp3) is 0.263. The molecule has 1 atom stereocenters. The van der Waals surface area contributed by atoms with Crippen LogP contribution in [0.5, 0.6) is 11.5 Å². The summed E-state index contributed by atoms with van der Waals surface area (Å²) < 4.78 is 23.6. The molecule has 6 nitrogen and oxygen atoms in total. The Morgan fingerprint density at radius 3 is 2.00 bits per heavy atom. The van der Waals surface area contributed by atoms with Gasteiger partial charge < -0.3 is 19.9 Å². The summed E-state index contributed by atoms with van der Waals surface area (Å²) >= 11 is 0. The Bertz CT molecular complexity index is 809. The fourth-order valence-electron chi connectivity index (χ4n) is 2.55. The summed E-state index contributed by atoms with van der Waals surface area (Å²) in [6, 6.07) is 7.92. The molecule has 1 unspecified atom stereocenters. The van der Waals surface area contributed by atoms with Gasteiger partial charge in [0.1, 0.15) is 17.3 Å². The van der Waals surface area contributed by atoms with Crippen LogP contribution in [0, 0.1) is 12.7 Å². The molecule has 0 aliphatic rings. The number of hydrogen-bond acceptors (Lipinski definition) is 4. The summed E-state index contributed by atoms with van der Waals surface area (Å²) in [5.74, 6) is -1.53. The SMILES string of the molecule is COc1cc(C(=O)NC(C)(C(=O)O)c2ccc(F)cc2)cc(OC)c1C. The van der Waals surface area contributed by atoms with E-state index in [4.69, 9.17) is 9.47 Å². The molecule has 0 heterocycles. The molecule has 1 amide bonds. The van der Waals surface area contributed by atoms with Crippen LogP contribution < -0.4 is 14.8 Å². The molecular weight excluding hydrogens is 341 g/mol. The molecule has 138 valence electrons. The second kappa shape index (κ2) is 7.43. The Kier molecular flexibility index (Phi) is 5.50. The first-order valence-corrected chi connectivity index (χ1v) is 7.77. The molecule has 2 N–H and O–H groups in total. The highest BCUT2D eigenvalue weighted by molar-refractivity contribution is 5.99. The first-order chi connectivity index (χ1) is 12.2. The maximum Gasteiger partial charge on any atom is 0.333 e. The summed E-state index contributed by atoms with van der Waals surface area (Å²) in [4.78, 5) is 24.5. The molecule has 0 aliphatic heterocycles. The minimum absolute atomic E-state index is 0.180. The Morgan fingerprint density at radius 1 is 1.08 bits per heavy atom. The molecule has 7 heteroatoms. The highest BCUT2D eigenvalue weighted by atomic mass is 19.1. The number of carbonyl (C=O) groups is 2. The number of halogens is 1. The third-order valence-electron chi connectivity index (χ3n) is 4.23. The van der Waals surface area contributed by atoms with E-state index in [1.807, 2.05) is 0 Å². The van der Waals surface area contributed by atoms with Gasteiger partial charge in [0.2, 0.25) is 0 Å². The molecule has 2 rings (SSSR count). The number of carboxylic acids is 1. The summed E-state index contributed by atoms with van der Waals surface area (Å²) in [7, 11) is 2.92. The zero-order valence-corrected chi connectivity index (χ0v) is 14.9. The largest absolute Gasteiger partial charge is 0.496 e. The van der Waals surface area contributed by atoms with Crippen LogP contribution in [0.3, 0.4) is 0 Å². The van der Waals surface area contributed by atoms with Crippen molar-refractivity contribution < 1.29 is 28.6 Å². The predicted molar refractivity (Wildman–Crippen MR) is 93.1 cm³/mol. The maximum absolute atomic E-state index is 13.1. The van der Waals surface area contributed by atoms with Crippen molar-refractivity contribution in [3.05, 3.63) is 58.9 Å². The van der Waals surface area contributed by atoms with Gasteiger partial charge in [-0.05, 0) is 43.7 Å². The normalized spacial score (nSPS) is 12.8. The van der Waals surface area contributed by atoms with Crippen molar-refractivity contribution >= 4 is 11.9 Å². The number of hydrogen-bond donors (Lipinski definition) is 2. The second-order valence-electron chi connectivity index (χ2n) is 5.90. The van der Waals surface area contributed by atoms with E-state index < -0.39 is 23.2 Å². The standard InChI is InChI=1S/C19H20FNO5/c1-11-15(25-3)9-12(10-16(11)26-4)17(22)21-19(2,18(23)24)13-5-7-14(20)8-6-13/h5-10H,1-4H3,(H,21,22)(H,23,24). The number of amides is 1. The third-order valence-corrected chi connectivity index (χ3v) is 4.23. The molecule has 0 fully saturated rings. The van der Waals surface area contributed by atoms with Crippen LogP contribution >= 0.6 is 0 Å². The van der Waals surface area contributed by atoms with Crippen LogP contribution in [0.4, 0.5) is 4.39 Å². The number of aliphatic carboxylic acids is 1. The minimum atomic E-state index is -1.74. The van der Waals surface area contributed by atoms with Crippen LogP contribution in [-0.4, -0.2) is 31.2 Å². The molecule has 0 saturated heterocycles. The van der Waals surface area contributed by atoms with Gasteiger partial charge in [0.05, 0.1) is 14.2 Å². The molecular formula is C19H20FNO5. The Morgan fingerprint density at radius 2 is 1.58 bits per heavy atom. The molecule has 26 heavy (non-hydrogen) atoms. The zero-order valence-electron chi connectivity index (χ0n) is 14.9. The molecule has 0 bridgehead atoms. The van der Waals surface area contributed by atoms with E-state index in [9.17, 15) is 19.1 Å². The van der Waals surface area contributed by atoms with E-state index in [-0.39, 0.29) is 11.1 Å². The van der Waals surface area contributed by atoms with Crippen LogP contribution in [0.2, 0.25) is 0 Å². The number of benzene rings is 2. The van der Waals surface area contributed by atoms with Gasteiger partial charge in [0.15, 0.2) is 5.54 Å². The lowest BCUT2D eigenvalue weighted by molar-refractivity contribution is -0.144. The molecule has 0 aromatic heterocycles. The van der Waals surface area contributed by atoms with Gasteiger partial charge in [0.25, 0.3) is 5.91 Å². The second-order valence-corrected chi connectivity index (χ2v) is 5.90. The fourth-order valence-corrected chi connectivity index (χ4v) is 2.55. The van der Waals surface area contributed by atoms with Crippen molar-refractivity contribution in [2.45, 2.75) is 19.4 Å². The van der Waals surface area contributed by atoms with Gasteiger partial charge in [-0.1, -0.05) is 12.1 Å². The van der Waals surface area contributed by atoms with Crippen molar-refractivity contribution in [3.63, 3.8) is 0 Å². The van der Waals surface area contributed by atoms with E-state index in [0.29, 0.717) is 17.1 Å². The highest BCUT2D eigenvalue weighted by Crippen LogP contribution is 2.30. The van der Waals surface area contributed by atoms with Gasteiger partial charge in [-0.15, -0.1) is 0 Å². The monoisotopic (exact) mass is 361 g/mol. The molecule has 0 saturated carbocycles. The average molecular weight is 361 g/mol. The lowest BCUT2D eigenvalue weighted by Crippen LogP contribution is -2.49. The Labute approximate surface area is 150 Å². The number of nitrogens with one attached hydrogen (secondary N) is 1. The minimum Gasteiger partial charge on any atom is -0.496 e. The van der Waals surface area contributed by atoms with E-state index in [1.165, 1.54) is 45.4 Å². The molecule has 2 aromatic rings. The number of carbonyl (C=O) groups excluding carboxylic acids is 1. The Balaban J connectivity index is 2.42.